The molecule has 2 rings (SSSR count). The molecule has 0 bridgehead atoms. The highest BCUT2D eigenvalue weighted by Gasteiger charge is 2.29. The lowest BCUT2D eigenvalue weighted by Crippen LogP contribution is -2.25. The number of nitrogens with zero attached hydrogens (tertiary/aromatic N) is 1. The number of nitrogens with two attached hydrogens (primary N) is 1. The number of thiocarbonyl (C=S) groups is 1. The zero-order valence-electron chi connectivity index (χ0n) is 13.3. The van der Waals surface area contributed by atoms with Crippen LogP contribution in [0.25, 0.3) is 0 Å². The van der Waals surface area contributed by atoms with Gasteiger partial charge >= 0.3 is 6.18 Å². The van der Waals surface area contributed by atoms with E-state index < -0.39 is 11.7 Å². The standard InChI is InChI=1S/C17H16F3N3OS/c1-11(22-23-16(21)25)13-4-8-15(9-5-13)24-10-12-2-6-14(7-3-12)17(18,19)20/h2-9H,10H2,1H3,(H3,21,23,25)/b22-11+. The molecule has 0 heterocycles. The summed E-state index contributed by atoms with van der Waals surface area (Å²) < 4.78 is 43.1. The number of hydrogen-bond donors (Lipinski definition) is 2. The van der Waals surface area contributed by atoms with Gasteiger partial charge in [-0.25, -0.2) is 0 Å². The zero-order valence-corrected chi connectivity index (χ0v) is 14.1. The normalized spacial score (nSPS) is 11.9. The van der Waals surface area contributed by atoms with Crippen LogP contribution in [0, 0.1) is 0 Å². The third-order valence-electron chi connectivity index (χ3n) is 3.29. The molecule has 0 spiro atoms. The Morgan fingerprint density at radius 2 is 1.72 bits per heavy atom. The molecule has 132 valence electrons. The molecule has 0 fully saturated rings. The molecule has 0 aliphatic carbocycles. The van der Waals surface area contributed by atoms with Gasteiger partial charge in [-0.05, 0) is 66.7 Å². The third-order valence-corrected chi connectivity index (χ3v) is 3.38. The van der Waals surface area contributed by atoms with Gasteiger partial charge < -0.3 is 10.5 Å². The highest BCUT2D eigenvalue weighted by Crippen LogP contribution is 2.29. The van der Waals surface area contributed by atoms with E-state index in [0.717, 1.165) is 17.7 Å². The summed E-state index contributed by atoms with van der Waals surface area (Å²) in [7, 11) is 0. The first-order chi connectivity index (χ1) is 11.8. The van der Waals surface area contributed by atoms with Crippen LogP contribution < -0.4 is 15.9 Å². The van der Waals surface area contributed by atoms with E-state index >= 15 is 0 Å². The molecule has 3 N–H and O–H groups in total. The van der Waals surface area contributed by atoms with Crippen LogP contribution >= 0.6 is 12.2 Å². The van der Waals surface area contributed by atoms with Crippen LogP contribution in [-0.4, -0.2) is 10.8 Å². The molecule has 0 unspecified atom stereocenters. The van der Waals surface area contributed by atoms with Gasteiger partial charge in [0, 0.05) is 0 Å². The molecular weight excluding hydrogens is 351 g/mol. The number of benzene rings is 2. The van der Waals surface area contributed by atoms with Crippen molar-refractivity contribution in [2.24, 2.45) is 10.8 Å². The van der Waals surface area contributed by atoms with E-state index in [0.29, 0.717) is 17.0 Å². The predicted molar refractivity (Wildman–Crippen MR) is 94.4 cm³/mol. The molecule has 2 aromatic carbocycles. The van der Waals surface area contributed by atoms with E-state index in [9.17, 15) is 13.2 Å². The molecule has 0 atom stereocenters. The summed E-state index contributed by atoms with van der Waals surface area (Å²) in [5.41, 5.74) is 9.33. The zero-order chi connectivity index (χ0) is 18.4. The summed E-state index contributed by atoms with van der Waals surface area (Å²) in [5.74, 6) is 0.596. The van der Waals surface area contributed by atoms with Crippen LogP contribution in [0.2, 0.25) is 0 Å². The van der Waals surface area contributed by atoms with E-state index in [2.05, 4.69) is 22.7 Å². The number of hydrogen-bond acceptors (Lipinski definition) is 3. The number of alkyl halides is 3. The van der Waals surface area contributed by atoms with E-state index in [-0.39, 0.29) is 11.7 Å². The number of ether oxygens (including phenoxy) is 1. The Bertz CT molecular complexity index is 756. The van der Waals surface area contributed by atoms with E-state index in [1.165, 1.54) is 12.1 Å². The van der Waals surface area contributed by atoms with E-state index in [1.807, 2.05) is 12.1 Å². The average Bonchev–Trinajstić information content (AvgIpc) is 2.58. The lowest BCUT2D eigenvalue weighted by Gasteiger charge is -2.09. The van der Waals surface area contributed by atoms with Crippen molar-refractivity contribution >= 4 is 23.0 Å². The van der Waals surface area contributed by atoms with Crippen molar-refractivity contribution in [3.63, 3.8) is 0 Å². The first kappa shape index (κ1) is 18.7. The second-order valence-electron chi connectivity index (χ2n) is 5.18. The maximum Gasteiger partial charge on any atom is 0.416 e. The van der Waals surface area contributed by atoms with Gasteiger partial charge in [-0.2, -0.15) is 18.3 Å². The summed E-state index contributed by atoms with van der Waals surface area (Å²) >= 11 is 4.67. The minimum Gasteiger partial charge on any atom is -0.489 e. The molecule has 0 aromatic heterocycles. The molecule has 0 saturated heterocycles. The Balaban J connectivity index is 1.95. The summed E-state index contributed by atoms with van der Waals surface area (Å²) in [6.45, 7) is 1.97. The number of hydrazone groups is 1. The first-order valence-corrected chi connectivity index (χ1v) is 7.65. The lowest BCUT2D eigenvalue weighted by atomic mass is 10.1. The fourth-order valence-corrected chi connectivity index (χ4v) is 2.00. The van der Waals surface area contributed by atoms with Crippen molar-refractivity contribution in [1.82, 2.24) is 5.43 Å². The van der Waals surface area contributed by atoms with Crippen molar-refractivity contribution in [3.05, 3.63) is 65.2 Å². The fraction of sp³-hybridized carbons (Fsp3) is 0.176. The highest BCUT2D eigenvalue weighted by molar-refractivity contribution is 7.80. The SMILES string of the molecule is C/C(=N\NC(N)=S)c1ccc(OCc2ccc(C(F)(F)F)cc2)cc1. The maximum atomic E-state index is 12.5. The van der Waals surface area contributed by atoms with Crippen LogP contribution in [-0.2, 0) is 12.8 Å². The summed E-state index contributed by atoms with van der Waals surface area (Å²) in [4.78, 5) is 0. The van der Waals surface area contributed by atoms with Crippen LogP contribution in [0.3, 0.4) is 0 Å². The molecule has 0 radical (unpaired) electrons. The summed E-state index contributed by atoms with van der Waals surface area (Å²) in [6.07, 6.45) is -4.34. The number of nitrogens with one attached hydrogen (secondary N) is 1. The Morgan fingerprint density at radius 3 is 2.24 bits per heavy atom. The molecule has 4 nitrogen and oxygen atoms in total. The third kappa shape index (κ3) is 5.75. The van der Waals surface area contributed by atoms with Gasteiger partial charge in [-0.15, -0.1) is 0 Å². The Morgan fingerprint density at radius 1 is 1.12 bits per heavy atom. The van der Waals surface area contributed by atoms with Gasteiger partial charge in [-0.3, -0.25) is 5.43 Å². The molecule has 0 aliphatic rings. The Kier molecular flexibility index (Phi) is 5.97. The topological polar surface area (TPSA) is 59.6 Å². The van der Waals surface area contributed by atoms with Gasteiger partial charge in [-0.1, -0.05) is 12.1 Å². The van der Waals surface area contributed by atoms with Crippen LogP contribution in [0.5, 0.6) is 5.75 Å². The lowest BCUT2D eigenvalue weighted by molar-refractivity contribution is -0.137. The number of rotatable bonds is 5. The second kappa shape index (κ2) is 7.98. The largest absolute Gasteiger partial charge is 0.489 e. The maximum absolute atomic E-state index is 12.5. The van der Waals surface area contributed by atoms with Crippen molar-refractivity contribution in [3.8, 4) is 5.75 Å². The van der Waals surface area contributed by atoms with Crippen LogP contribution in [0.4, 0.5) is 13.2 Å². The van der Waals surface area contributed by atoms with Gasteiger partial charge in [0.25, 0.3) is 0 Å². The molecule has 0 aliphatic heterocycles. The highest BCUT2D eigenvalue weighted by atomic mass is 32.1. The molecular formula is C17H16F3N3OS. The minimum atomic E-state index is -4.34. The average molecular weight is 367 g/mol. The monoisotopic (exact) mass is 367 g/mol. The summed E-state index contributed by atoms with van der Waals surface area (Å²) in [5, 5.41) is 4.09. The predicted octanol–water partition coefficient (Wildman–Crippen LogP) is 3.84. The summed E-state index contributed by atoms with van der Waals surface area (Å²) in [6, 6.07) is 12.0. The van der Waals surface area contributed by atoms with Gasteiger partial charge in [0.2, 0.25) is 0 Å². The molecule has 2 aromatic rings. The fourth-order valence-electron chi connectivity index (χ4n) is 1.95. The van der Waals surface area contributed by atoms with Crippen molar-refractivity contribution < 1.29 is 17.9 Å². The van der Waals surface area contributed by atoms with Crippen LogP contribution in [0.15, 0.2) is 53.6 Å². The first-order valence-electron chi connectivity index (χ1n) is 7.25. The van der Waals surface area contributed by atoms with Gasteiger partial charge in [0.15, 0.2) is 5.11 Å². The van der Waals surface area contributed by atoms with Crippen molar-refractivity contribution in [2.45, 2.75) is 19.7 Å². The van der Waals surface area contributed by atoms with E-state index in [4.69, 9.17) is 10.5 Å². The van der Waals surface area contributed by atoms with Crippen LogP contribution in [0.1, 0.15) is 23.6 Å². The molecule has 25 heavy (non-hydrogen) atoms. The van der Waals surface area contributed by atoms with Gasteiger partial charge in [0.05, 0.1) is 11.3 Å². The molecule has 0 amide bonds. The smallest absolute Gasteiger partial charge is 0.416 e. The Labute approximate surface area is 148 Å². The quantitative estimate of drug-likeness (QED) is 0.479. The minimum absolute atomic E-state index is 0.0795. The number of halogens is 3. The molecule has 8 heteroatoms. The Hall–Kier alpha value is -2.61. The van der Waals surface area contributed by atoms with Crippen molar-refractivity contribution in [1.29, 1.82) is 0 Å². The molecule has 0 saturated carbocycles. The van der Waals surface area contributed by atoms with Crippen molar-refractivity contribution in [2.75, 3.05) is 0 Å². The van der Waals surface area contributed by atoms with E-state index in [1.54, 1.807) is 19.1 Å². The second-order valence-corrected chi connectivity index (χ2v) is 5.62. The van der Waals surface area contributed by atoms with Gasteiger partial charge in [0.1, 0.15) is 12.4 Å².